The van der Waals surface area contributed by atoms with Gasteiger partial charge in [0, 0.05) is 17.2 Å². The third-order valence-electron chi connectivity index (χ3n) is 2.51. The second kappa shape index (κ2) is 6.49. The molecule has 0 aliphatic heterocycles. The van der Waals surface area contributed by atoms with Gasteiger partial charge in [0.1, 0.15) is 5.82 Å². The van der Waals surface area contributed by atoms with Crippen LogP contribution in [0.3, 0.4) is 0 Å². The fraction of sp³-hybridized carbons (Fsp3) is 0.545. The van der Waals surface area contributed by atoms with Gasteiger partial charge < -0.3 is 5.32 Å². The predicted molar refractivity (Wildman–Crippen MR) is 77.2 cm³/mol. The van der Waals surface area contributed by atoms with Gasteiger partial charge in [0.25, 0.3) is 0 Å². The largest absolute Gasteiger partial charge is 0.316 e. The Balaban J connectivity index is 2.78. The van der Waals surface area contributed by atoms with Gasteiger partial charge in [-0.3, -0.25) is 4.72 Å². The maximum atomic E-state index is 12.0. The lowest BCUT2D eigenvalue weighted by Crippen LogP contribution is -2.34. The van der Waals surface area contributed by atoms with E-state index in [1.54, 1.807) is 19.2 Å². The normalized spacial score (nSPS) is 13.3. The highest BCUT2D eigenvalue weighted by Gasteiger charge is 2.20. The zero-order valence-electron chi connectivity index (χ0n) is 10.7. The molecule has 1 atom stereocenters. The van der Waals surface area contributed by atoms with Crippen molar-refractivity contribution in [3.8, 4) is 0 Å². The van der Waals surface area contributed by atoms with E-state index in [1.807, 2.05) is 13.8 Å². The molecule has 1 unspecified atom stereocenters. The molecule has 0 aromatic carbocycles. The number of sulfonamides is 1. The molecule has 1 heterocycles. The first-order valence-corrected chi connectivity index (χ1v) is 8.05. The van der Waals surface area contributed by atoms with E-state index in [1.165, 1.54) is 0 Å². The Morgan fingerprint density at radius 3 is 2.72 bits per heavy atom. The van der Waals surface area contributed by atoms with Crippen molar-refractivity contribution in [2.75, 3.05) is 17.8 Å². The lowest BCUT2D eigenvalue weighted by Gasteiger charge is -2.14. The van der Waals surface area contributed by atoms with Gasteiger partial charge in [-0.15, -0.1) is 0 Å². The average molecular weight is 336 g/mol. The summed E-state index contributed by atoms with van der Waals surface area (Å²) in [5, 5.41) is 2.50. The summed E-state index contributed by atoms with van der Waals surface area (Å²) in [7, 11) is -3.41. The molecule has 0 fully saturated rings. The van der Waals surface area contributed by atoms with Gasteiger partial charge in [-0.25, -0.2) is 13.4 Å². The third kappa shape index (κ3) is 4.22. The number of halogens is 1. The number of hydrogen-bond donors (Lipinski definition) is 2. The molecule has 5 nitrogen and oxygen atoms in total. The molecular formula is C11H18BrN3O2S. The highest BCUT2D eigenvalue weighted by molar-refractivity contribution is 9.10. The summed E-state index contributed by atoms with van der Waals surface area (Å²) in [6.45, 7) is 6.64. The van der Waals surface area contributed by atoms with E-state index in [2.05, 4.69) is 31.0 Å². The minimum Gasteiger partial charge on any atom is -0.316 e. The monoisotopic (exact) mass is 335 g/mol. The summed E-state index contributed by atoms with van der Waals surface area (Å²) >= 11 is 3.32. The van der Waals surface area contributed by atoms with Crippen molar-refractivity contribution < 1.29 is 8.42 Å². The summed E-state index contributed by atoms with van der Waals surface area (Å²) in [5.41, 5.74) is 0.932. The quantitative estimate of drug-likeness (QED) is 0.832. The molecule has 0 amide bonds. The number of nitrogens with zero attached hydrogens (tertiary/aromatic N) is 1. The first kappa shape index (κ1) is 15.4. The van der Waals surface area contributed by atoms with Crippen molar-refractivity contribution in [1.82, 2.24) is 10.3 Å². The summed E-state index contributed by atoms with van der Waals surface area (Å²) in [4.78, 5) is 4.03. The fourth-order valence-electron chi connectivity index (χ4n) is 1.30. The second-order valence-electron chi connectivity index (χ2n) is 4.08. The molecule has 102 valence electrons. The van der Waals surface area contributed by atoms with Crippen LogP contribution in [0.4, 0.5) is 5.82 Å². The molecule has 7 heteroatoms. The Morgan fingerprint density at radius 1 is 1.50 bits per heavy atom. The van der Waals surface area contributed by atoms with Crippen LogP contribution in [0.25, 0.3) is 0 Å². The maximum Gasteiger partial charge on any atom is 0.237 e. The summed E-state index contributed by atoms with van der Waals surface area (Å²) in [5.74, 6) is 0.346. The van der Waals surface area contributed by atoms with Gasteiger partial charge in [0.2, 0.25) is 10.0 Å². The van der Waals surface area contributed by atoms with Gasteiger partial charge in [-0.05, 0) is 48.0 Å². The molecule has 0 aliphatic rings. The summed E-state index contributed by atoms with van der Waals surface area (Å²) in [6, 6.07) is 1.70. The molecule has 1 rings (SSSR count). The van der Waals surface area contributed by atoms with E-state index in [0.29, 0.717) is 12.4 Å². The SMILES string of the molecule is CCNCC(C)S(=O)(=O)Nc1cc(C)c(Br)cn1. The van der Waals surface area contributed by atoms with E-state index < -0.39 is 15.3 Å². The van der Waals surface area contributed by atoms with Crippen molar-refractivity contribution in [2.24, 2.45) is 0 Å². The van der Waals surface area contributed by atoms with Crippen molar-refractivity contribution in [2.45, 2.75) is 26.0 Å². The lowest BCUT2D eigenvalue weighted by atomic mass is 10.3. The number of aromatic nitrogens is 1. The van der Waals surface area contributed by atoms with Crippen LogP contribution in [0.15, 0.2) is 16.7 Å². The zero-order chi connectivity index (χ0) is 13.8. The number of hydrogen-bond acceptors (Lipinski definition) is 4. The maximum absolute atomic E-state index is 12.0. The Hall–Kier alpha value is -0.660. The number of pyridine rings is 1. The highest BCUT2D eigenvalue weighted by Crippen LogP contribution is 2.18. The molecule has 1 aromatic heterocycles. The minimum absolute atomic E-state index is 0.346. The number of aryl methyl sites for hydroxylation is 1. The molecule has 2 N–H and O–H groups in total. The van der Waals surface area contributed by atoms with E-state index in [9.17, 15) is 8.42 Å². The van der Waals surface area contributed by atoms with Crippen LogP contribution in [0, 0.1) is 6.92 Å². The molecule has 0 saturated heterocycles. The highest BCUT2D eigenvalue weighted by atomic mass is 79.9. The van der Waals surface area contributed by atoms with Crippen LogP contribution >= 0.6 is 15.9 Å². The van der Waals surface area contributed by atoms with E-state index >= 15 is 0 Å². The molecule has 0 bridgehead atoms. The van der Waals surface area contributed by atoms with Gasteiger partial charge >= 0.3 is 0 Å². The number of nitrogens with one attached hydrogen (secondary N) is 2. The molecule has 18 heavy (non-hydrogen) atoms. The summed E-state index contributed by atoms with van der Waals surface area (Å²) in [6.07, 6.45) is 1.59. The first-order valence-electron chi connectivity index (χ1n) is 5.71. The van der Waals surface area contributed by atoms with Gasteiger partial charge in [-0.2, -0.15) is 0 Å². The van der Waals surface area contributed by atoms with Crippen molar-refractivity contribution in [1.29, 1.82) is 0 Å². The summed E-state index contributed by atoms with van der Waals surface area (Å²) < 4.78 is 27.3. The molecule has 0 radical (unpaired) electrons. The number of rotatable bonds is 6. The van der Waals surface area contributed by atoms with Crippen LogP contribution < -0.4 is 10.0 Å². The minimum atomic E-state index is -3.41. The Kier molecular flexibility index (Phi) is 5.55. The number of anilines is 1. The standard InChI is InChI=1S/C11H18BrN3O2S/c1-4-13-6-9(3)18(16,17)15-11-5-8(2)10(12)7-14-11/h5,7,9,13H,4,6H2,1-3H3,(H,14,15). The van der Waals surface area contributed by atoms with Gasteiger partial charge in [-0.1, -0.05) is 6.92 Å². The average Bonchev–Trinajstić information content (AvgIpc) is 2.30. The lowest BCUT2D eigenvalue weighted by molar-refractivity contribution is 0.579. The topological polar surface area (TPSA) is 71.1 Å². The van der Waals surface area contributed by atoms with Crippen molar-refractivity contribution >= 4 is 31.8 Å². The van der Waals surface area contributed by atoms with Crippen molar-refractivity contribution in [3.63, 3.8) is 0 Å². The Labute approximate surface area is 117 Å². The first-order chi connectivity index (χ1) is 8.36. The smallest absolute Gasteiger partial charge is 0.237 e. The second-order valence-corrected chi connectivity index (χ2v) is 7.04. The third-order valence-corrected chi connectivity index (χ3v) is 5.06. The van der Waals surface area contributed by atoms with Crippen LogP contribution in [-0.4, -0.2) is 31.7 Å². The molecule has 0 aliphatic carbocycles. The Bertz CT molecular complexity index is 505. The van der Waals surface area contributed by atoms with Crippen LogP contribution in [0.2, 0.25) is 0 Å². The molecule has 1 aromatic rings. The zero-order valence-corrected chi connectivity index (χ0v) is 13.1. The van der Waals surface area contributed by atoms with Crippen LogP contribution in [-0.2, 0) is 10.0 Å². The van der Waals surface area contributed by atoms with Crippen molar-refractivity contribution in [3.05, 3.63) is 22.3 Å². The molecule has 0 saturated carbocycles. The van der Waals surface area contributed by atoms with Gasteiger partial charge in [0.05, 0.1) is 5.25 Å². The van der Waals surface area contributed by atoms with E-state index in [-0.39, 0.29) is 0 Å². The van der Waals surface area contributed by atoms with E-state index in [4.69, 9.17) is 0 Å². The molecule has 0 spiro atoms. The fourth-order valence-corrected chi connectivity index (χ4v) is 2.46. The van der Waals surface area contributed by atoms with Crippen LogP contribution in [0.5, 0.6) is 0 Å². The van der Waals surface area contributed by atoms with Crippen LogP contribution in [0.1, 0.15) is 19.4 Å². The Morgan fingerprint density at radius 2 is 2.17 bits per heavy atom. The van der Waals surface area contributed by atoms with E-state index in [0.717, 1.165) is 16.6 Å². The molecular weight excluding hydrogens is 318 g/mol. The predicted octanol–water partition coefficient (Wildman–Crippen LogP) is 1.89. The van der Waals surface area contributed by atoms with Gasteiger partial charge in [0.15, 0.2) is 0 Å².